The minimum atomic E-state index is -0.233. The van der Waals surface area contributed by atoms with E-state index in [0.29, 0.717) is 6.42 Å². The number of thiophene rings is 1. The van der Waals surface area contributed by atoms with Crippen LogP contribution in [0.2, 0.25) is 0 Å². The van der Waals surface area contributed by atoms with Crippen molar-refractivity contribution in [2.75, 3.05) is 0 Å². The lowest BCUT2D eigenvalue weighted by Gasteiger charge is -2.37. The first-order valence-corrected chi connectivity index (χ1v) is 8.03. The molecule has 3 rings (SSSR count). The molecule has 2 aromatic rings. The highest BCUT2D eigenvalue weighted by molar-refractivity contribution is 7.07. The van der Waals surface area contributed by atoms with Gasteiger partial charge in [0.1, 0.15) is 0 Å². The number of aromatic nitrogens is 2. The molecule has 21 heavy (non-hydrogen) atoms. The molecule has 2 heterocycles. The van der Waals surface area contributed by atoms with Crippen LogP contribution in [0.25, 0.3) is 0 Å². The van der Waals surface area contributed by atoms with Crippen LogP contribution in [0, 0.1) is 5.92 Å². The summed E-state index contributed by atoms with van der Waals surface area (Å²) in [4.78, 5) is 12.2. The van der Waals surface area contributed by atoms with Crippen LogP contribution in [0.15, 0.2) is 29.2 Å². The Bertz CT molecular complexity index is 602. The molecule has 2 aromatic heterocycles. The van der Waals surface area contributed by atoms with Gasteiger partial charge in [-0.1, -0.05) is 0 Å². The van der Waals surface area contributed by atoms with E-state index in [9.17, 15) is 9.90 Å². The van der Waals surface area contributed by atoms with E-state index in [1.165, 1.54) is 0 Å². The molecule has 0 unspecified atom stereocenters. The SMILES string of the molecule is Cn1cc([C@@H](NC(=O)Cc2ccsc2)C2CC(O)C2)cn1. The lowest BCUT2D eigenvalue weighted by molar-refractivity contribution is -0.122. The molecule has 112 valence electrons. The number of carbonyl (C=O) groups is 1. The number of aryl methyl sites for hydroxylation is 1. The smallest absolute Gasteiger partial charge is 0.224 e. The first-order chi connectivity index (χ1) is 10.1. The Morgan fingerprint density at radius 3 is 3.00 bits per heavy atom. The Labute approximate surface area is 127 Å². The molecule has 0 aromatic carbocycles. The predicted molar refractivity (Wildman–Crippen MR) is 80.8 cm³/mol. The van der Waals surface area contributed by atoms with Crippen LogP contribution in [0.5, 0.6) is 0 Å². The van der Waals surface area contributed by atoms with E-state index in [1.54, 1.807) is 22.2 Å². The van der Waals surface area contributed by atoms with Crippen LogP contribution in [-0.2, 0) is 18.3 Å². The molecule has 1 atom stereocenters. The average Bonchev–Trinajstić information content (AvgIpc) is 3.04. The number of aliphatic hydroxyl groups is 1. The maximum Gasteiger partial charge on any atom is 0.224 e. The molecule has 1 saturated carbocycles. The monoisotopic (exact) mass is 305 g/mol. The second-order valence-corrected chi connectivity index (χ2v) is 6.47. The fourth-order valence-electron chi connectivity index (χ4n) is 2.78. The predicted octanol–water partition coefficient (Wildman–Crippen LogP) is 1.65. The van der Waals surface area contributed by atoms with Gasteiger partial charge in [0.2, 0.25) is 5.91 Å². The molecule has 0 aliphatic heterocycles. The molecule has 0 bridgehead atoms. The molecule has 0 radical (unpaired) electrons. The molecule has 0 saturated heterocycles. The maximum atomic E-state index is 12.2. The quantitative estimate of drug-likeness (QED) is 0.882. The van der Waals surface area contributed by atoms with Crippen molar-refractivity contribution in [3.05, 3.63) is 40.3 Å². The van der Waals surface area contributed by atoms with Gasteiger partial charge in [-0.2, -0.15) is 16.4 Å². The van der Waals surface area contributed by atoms with Crippen molar-refractivity contribution in [3.8, 4) is 0 Å². The highest BCUT2D eigenvalue weighted by Crippen LogP contribution is 2.37. The van der Waals surface area contributed by atoms with Gasteiger partial charge in [-0.3, -0.25) is 9.48 Å². The molecule has 1 fully saturated rings. The van der Waals surface area contributed by atoms with Crippen LogP contribution in [-0.4, -0.2) is 26.9 Å². The van der Waals surface area contributed by atoms with Gasteiger partial charge < -0.3 is 10.4 Å². The van der Waals surface area contributed by atoms with Crippen LogP contribution < -0.4 is 5.32 Å². The summed E-state index contributed by atoms with van der Waals surface area (Å²) in [5, 5.41) is 20.8. The van der Waals surface area contributed by atoms with Crippen molar-refractivity contribution in [1.29, 1.82) is 0 Å². The molecule has 6 heteroatoms. The Hall–Kier alpha value is -1.66. The molecule has 0 spiro atoms. The first kappa shape index (κ1) is 14.3. The zero-order valence-corrected chi connectivity index (χ0v) is 12.7. The van der Waals surface area contributed by atoms with Gasteiger partial charge in [-0.15, -0.1) is 0 Å². The third-order valence-electron chi connectivity index (χ3n) is 3.97. The highest BCUT2D eigenvalue weighted by atomic mass is 32.1. The summed E-state index contributed by atoms with van der Waals surface area (Å²) in [6.45, 7) is 0. The zero-order chi connectivity index (χ0) is 14.8. The third kappa shape index (κ3) is 3.33. The fraction of sp³-hybridized carbons (Fsp3) is 0.467. The fourth-order valence-corrected chi connectivity index (χ4v) is 3.45. The van der Waals surface area contributed by atoms with Gasteiger partial charge in [0.25, 0.3) is 0 Å². The third-order valence-corrected chi connectivity index (χ3v) is 4.70. The Morgan fingerprint density at radius 2 is 2.43 bits per heavy atom. The highest BCUT2D eigenvalue weighted by Gasteiger charge is 2.36. The van der Waals surface area contributed by atoms with Gasteiger partial charge >= 0.3 is 0 Å². The van der Waals surface area contributed by atoms with E-state index in [0.717, 1.165) is 24.0 Å². The van der Waals surface area contributed by atoms with Crippen molar-refractivity contribution in [3.63, 3.8) is 0 Å². The van der Waals surface area contributed by atoms with Crippen molar-refractivity contribution in [1.82, 2.24) is 15.1 Å². The summed E-state index contributed by atoms with van der Waals surface area (Å²) in [6.07, 6.45) is 5.36. The summed E-state index contributed by atoms with van der Waals surface area (Å²) < 4.78 is 1.74. The number of rotatable bonds is 5. The molecule has 1 aliphatic rings. The van der Waals surface area contributed by atoms with Gasteiger partial charge in [-0.05, 0) is 41.1 Å². The average molecular weight is 305 g/mol. The minimum Gasteiger partial charge on any atom is -0.393 e. The van der Waals surface area contributed by atoms with Crippen molar-refractivity contribution in [2.45, 2.75) is 31.4 Å². The lowest BCUT2D eigenvalue weighted by Crippen LogP contribution is -2.41. The van der Waals surface area contributed by atoms with E-state index in [2.05, 4.69) is 10.4 Å². The largest absolute Gasteiger partial charge is 0.393 e. The number of amides is 1. The Balaban J connectivity index is 1.68. The van der Waals surface area contributed by atoms with Crippen molar-refractivity contribution in [2.24, 2.45) is 13.0 Å². The van der Waals surface area contributed by atoms with E-state index < -0.39 is 0 Å². The normalized spacial score (nSPS) is 22.6. The Kier molecular flexibility index (Phi) is 4.07. The summed E-state index contributed by atoms with van der Waals surface area (Å²) in [7, 11) is 1.86. The standard InChI is InChI=1S/C15H19N3O2S/c1-18-8-12(7-16-18)15(11-5-13(19)6-11)17-14(20)4-10-2-3-21-9-10/h2-3,7-9,11,13,15,19H,4-6H2,1H3,(H,17,20)/t11?,13?,15-/m0/s1. The number of hydrogen-bond donors (Lipinski definition) is 2. The van der Waals surface area contributed by atoms with Gasteiger partial charge in [-0.25, -0.2) is 0 Å². The number of aliphatic hydroxyl groups excluding tert-OH is 1. The van der Waals surface area contributed by atoms with Gasteiger partial charge in [0.05, 0.1) is 24.8 Å². The topological polar surface area (TPSA) is 67.2 Å². The molecular weight excluding hydrogens is 286 g/mol. The van der Waals surface area contributed by atoms with Crippen molar-refractivity contribution >= 4 is 17.2 Å². The van der Waals surface area contributed by atoms with E-state index >= 15 is 0 Å². The number of hydrogen-bond acceptors (Lipinski definition) is 4. The molecular formula is C15H19N3O2S. The molecule has 1 aliphatic carbocycles. The van der Waals surface area contributed by atoms with E-state index in [1.807, 2.05) is 30.1 Å². The van der Waals surface area contributed by atoms with Crippen molar-refractivity contribution < 1.29 is 9.90 Å². The second kappa shape index (κ2) is 5.99. The summed E-state index contributed by atoms with van der Waals surface area (Å²) in [5.41, 5.74) is 2.05. The first-order valence-electron chi connectivity index (χ1n) is 7.09. The summed E-state index contributed by atoms with van der Waals surface area (Å²) in [5.74, 6) is 0.305. The maximum absolute atomic E-state index is 12.2. The minimum absolute atomic E-state index is 0.0173. The number of nitrogens with zero attached hydrogens (tertiary/aromatic N) is 2. The summed E-state index contributed by atoms with van der Waals surface area (Å²) in [6, 6.07) is 1.91. The number of carbonyl (C=O) groups excluding carboxylic acids is 1. The van der Waals surface area contributed by atoms with Crippen LogP contribution in [0.4, 0.5) is 0 Å². The van der Waals surface area contributed by atoms with Crippen LogP contribution in [0.3, 0.4) is 0 Å². The second-order valence-electron chi connectivity index (χ2n) is 5.69. The van der Waals surface area contributed by atoms with Crippen LogP contribution >= 0.6 is 11.3 Å². The molecule has 1 amide bonds. The zero-order valence-electron chi connectivity index (χ0n) is 11.9. The number of nitrogens with one attached hydrogen (secondary N) is 1. The molecule has 5 nitrogen and oxygen atoms in total. The lowest BCUT2D eigenvalue weighted by atomic mass is 9.75. The summed E-state index contributed by atoms with van der Waals surface area (Å²) >= 11 is 1.60. The van der Waals surface area contributed by atoms with Gasteiger partial charge in [0.15, 0.2) is 0 Å². The Morgan fingerprint density at radius 1 is 1.62 bits per heavy atom. The van der Waals surface area contributed by atoms with Crippen LogP contribution in [0.1, 0.15) is 30.0 Å². The molecule has 2 N–H and O–H groups in total. The van der Waals surface area contributed by atoms with Gasteiger partial charge in [0, 0.05) is 18.8 Å². The van der Waals surface area contributed by atoms with E-state index in [-0.39, 0.29) is 24.0 Å². The van der Waals surface area contributed by atoms with E-state index in [4.69, 9.17) is 0 Å².